The van der Waals surface area contributed by atoms with Gasteiger partial charge < -0.3 is 10.5 Å². The molecular weight excluding hydrogens is 356 g/mol. The van der Waals surface area contributed by atoms with Gasteiger partial charge in [0.25, 0.3) is 0 Å². The molecule has 0 atom stereocenters. The molecule has 21 heavy (non-hydrogen) atoms. The third-order valence-electron chi connectivity index (χ3n) is 4.30. The highest BCUT2D eigenvalue weighted by atomic mass is 79.9. The predicted octanol–water partition coefficient (Wildman–Crippen LogP) is 2.75. The SMILES string of the molecule is COc1cc(Br)c(N)cc1S(=O)(=O)NCC1(C(C)C)CC1. The Morgan fingerprint density at radius 3 is 2.52 bits per heavy atom. The van der Waals surface area contributed by atoms with E-state index in [0.29, 0.717) is 22.6 Å². The van der Waals surface area contributed by atoms with Gasteiger partial charge in [0.05, 0.1) is 7.11 Å². The summed E-state index contributed by atoms with van der Waals surface area (Å²) in [5.74, 6) is 0.732. The minimum absolute atomic E-state index is 0.0743. The number of hydrogen-bond donors (Lipinski definition) is 2. The number of anilines is 1. The molecule has 0 aliphatic heterocycles. The summed E-state index contributed by atoms with van der Waals surface area (Å²) in [5, 5.41) is 0. The molecule has 0 bridgehead atoms. The van der Waals surface area contributed by atoms with Crippen LogP contribution in [0.25, 0.3) is 0 Å². The molecule has 0 spiro atoms. The summed E-state index contributed by atoms with van der Waals surface area (Å²) >= 11 is 3.27. The molecule has 0 radical (unpaired) electrons. The number of hydrogen-bond acceptors (Lipinski definition) is 4. The average molecular weight is 377 g/mol. The van der Waals surface area contributed by atoms with Crippen LogP contribution >= 0.6 is 15.9 Å². The predicted molar refractivity (Wildman–Crippen MR) is 86.8 cm³/mol. The first-order valence-electron chi connectivity index (χ1n) is 6.84. The van der Waals surface area contributed by atoms with Crippen molar-refractivity contribution in [3.8, 4) is 5.75 Å². The number of sulfonamides is 1. The number of nitrogens with two attached hydrogens (primary N) is 1. The second-order valence-electron chi connectivity index (χ2n) is 5.87. The molecule has 1 aliphatic carbocycles. The van der Waals surface area contributed by atoms with Crippen molar-refractivity contribution >= 4 is 31.6 Å². The van der Waals surface area contributed by atoms with E-state index in [1.165, 1.54) is 13.2 Å². The lowest BCUT2D eigenvalue weighted by molar-refractivity contribution is 0.357. The molecule has 0 unspecified atom stereocenters. The van der Waals surface area contributed by atoms with Crippen LogP contribution in [-0.2, 0) is 10.0 Å². The largest absolute Gasteiger partial charge is 0.495 e. The first-order chi connectivity index (χ1) is 9.72. The van der Waals surface area contributed by atoms with Gasteiger partial charge in [-0.25, -0.2) is 13.1 Å². The van der Waals surface area contributed by atoms with Crippen LogP contribution in [0.4, 0.5) is 5.69 Å². The van der Waals surface area contributed by atoms with Gasteiger partial charge in [-0.1, -0.05) is 13.8 Å². The summed E-state index contributed by atoms with van der Waals surface area (Å²) in [6.45, 7) is 4.70. The molecular formula is C14H21BrN2O3S. The first-order valence-corrected chi connectivity index (χ1v) is 9.12. The van der Waals surface area contributed by atoms with Gasteiger partial charge in [0.1, 0.15) is 10.6 Å². The second-order valence-corrected chi connectivity index (χ2v) is 8.46. The van der Waals surface area contributed by atoms with E-state index in [1.807, 2.05) is 0 Å². The van der Waals surface area contributed by atoms with Crippen LogP contribution in [0.1, 0.15) is 26.7 Å². The maximum absolute atomic E-state index is 12.5. The average Bonchev–Trinajstić information content (AvgIpc) is 3.20. The molecule has 0 saturated heterocycles. The molecule has 0 heterocycles. The van der Waals surface area contributed by atoms with E-state index in [4.69, 9.17) is 10.5 Å². The van der Waals surface area contributed by atoms with Gasteiger partial charge in [0, 0.05) is 16.7 Å². The number of halogens is 1. The van der Waals surface area contributed by atoms with Gasteiger partial charge in [-0.2, -0.15) is 0 Å². The van der Waals surface area contributed by atoms with E-state index in [9.17, 15) is 8.42 Å². The highest BCUT2D eigenvalue weighted by Gasteiger charge is 2.45. The maximum Gasteiger partial charge on any atom is 0.244 e. The fraction of sp³-hybridized carbons (Fsp3) is 0.571. The van der Waals surface area contributed by atoms with Crippen molar-refractivity contribution in [3.05, 3.63) is 16.6 Å². The number of rotatable bonds is 6. The van der Waals surface area contributed by atoms with Gasteiger partial charge in [-0.05, 0) is 52.2 Å². The molecule has 0 aromatic heterocycles. The fourth-order valence-corrected chi connectivity index (χ4v) is 4.00. The lowest BCUT2D eigenvalue weighted by Crippen LogP contribution is -2.32. The molecule has 5 nitrogen and oxygen atoms in total. The standard InChI is InChI=1S/C14H21BrN2O3S/c1-9(2)14(4-5-14)8-17-21(18,19)13-7-11(16)10(15)6-12(13)20-3/h6-7,9,17H,4-5,8,16H2,1-3H3. The number of nitrogen functional groups attached to an aromatic ring is 1. The van der Waals surface area contributed by atoms with Crippen molar-refractivity contribution in [2.24, 2.45) is 11.3 Å². The van der Waals surface area contributed by atoms with Gasteiger partial charge in [-0.3, -0.25) is 0 Å². The van der Waals surface area contributed by atoms with Crippen molar-refractivity contribution in [2.75, 3.05) is 19.4 Å². The molecule has 0 amide bonds. The number of nitrogens with one attached hydrogen (secondary N) is 1. The van der Waals surface area contributed by atoms with E-state index in [1.54, 1.807) is 6.07 Å². The zero-order chi connectivity index (χ0) is 15.8. The van der Waals surface area contributed by atoms with Crippen LogP contribution < -0.4 is 15.2 Å². The van der Waals surface area contributed by atoms with Crippen molar-refractivity contribution < 1.29 is 13.2 Å². The third-order valence-corrected chi connectivity index (χ3v) is 6.41. The number of benzene rings is 1. The summed E-state index contributed by atoms with van der Waals surface area (Å²) in [7, 11) is -2.21. The van der Waals surface area contributed by atoms with Crippen LogP contribution in [0.5, 0.6) is 5.75 Å². The summed E-state index contributed by atoms with van der Waals surface area (Å²) in [5.41, 5.74) is 6.25. The van der Waals surface area contributed by atoms with Gasteiger partial charge in [-0.15, -0.1) is 0 Å². The quantitative estimate of drug-likeness (QED) is 0.747. The molecule has 7 heteroatoms. The zero-order valence-corrected chi connectivity index (χ0v) is 14.8. The first kappa shape index (κ1) is 16.6. The highest BCUT2D eigenvalue weighted by molar-refractivity contribution is 9.10. The fourth-order valence-electron chi connectivity index (χ4n) is 2.36. The Balaban J connectivity index is 2.26. The van der Waals surface area contributed by atoms with E-state index in [0.717, 1.165) is 12.8 Å². The van der Waals surface area contributed by atoms with Crippen molar-refractivity contribution in [2.45, 2.75) is 31.6 Å². The van der Waals surface area contributed by atoms with E-state index in [2.05, 4.69) is 34.5 Å². The van der Waals surface area contributed by atoms with Crippen LogP contribution in [0.3, 0.4) is 0 Å². The second kappa shape index (κ2) is 5.78. The van der Waals surface area contributed by atoms with Gasteiger partial charge in [0.15, 0.2) is 0 Å². The van der Waals surface area contributed by atoms with Crippen LogP contribution in [0.2, 0.25) is 0 Å². The maximum atomic E-state index is 12.5. The van der Waals surface area contributed by atoms with Crippen LogP contribution in [0.15, 0.2) is 21.5 Å². The lowest BCUT2D eigenvalue weighted by Gasteiger charge is -2.20. The zero-order valence-electron chi connectivity index (χ0n) is 12.4. The minimum atomic E-state index is -3.64. The van der Waals surface area contributed by atoms with Crippen molar-refractivity contribution in [3.63, 3.8) is 0 Å². The van der Waals surface area contributed by atoms with Crippen LogP contribution in [-0.4, -0.2) is 22.1 Å². The molecule has 1 aliphatic rings. The minimum Gasteiger partial charge on any atom is -0.495 e. The summed E-state index contributed by atoms with van der Waals surface area (Å²) in [6.07, 6.45) is 2.12. The van der Waals surface area contributed by atoms with E-state index < -0.39 is 10.0 Å². The Hall–Kier alpha value is -0.790. The monoisotopic (exact) mass is 376 g/mol. The third kappa shape index (κ3) is 3.35. The molecule has 2 rings (SSSR count). The highest BCUT2D eigenvalue weighted by Crippen LogP contribution is 2.51. The van der Waals surface area contributed by atoms with Crippen molar-refractivity contribution in [1.29, 1.82) is 0 Å². The normalized spacial score (nSPS) is 17.0. The Morgan fingerprint density at radius 2 is 2.05 bits per heavy atom. The smallest absolute Gasteiger partial charge is 0.244 e. The van der Waals surface area contributed by atoms with Crippen molar-refractivity contribution in [1.82, 2.24) is 4.72 Å². The Labute approximate surface area is 134 Å². The van der Waals surface area contributed by atoms with E-state index >= 15 is 0 Å². The summed E-state index contributed by atoms with van der Waals surface area (Å²) < 4.78 is 33.5. The lowest BCUT2D eigenvalue weighted by atomic mass is 9.93. The molecule has 1 saturated carbocycles. The van der Waals surface area contributed by atoms with Gasteiger partial charge >= 0.3 is 0 Å². The summed E-state index contributed by atoms with van der Waals surface area (Å²) in [4.78, 5) is 0.0743. The van der Waals surface area contributed by atoms with Gasteiger partial charge in [0.2, 0.25) is 10.0 Å². The Kier molecular flexibility index (Phi) is 4.56. The molecule has 1 aromatic rings. The molecule has 118 valence electrons. The molecule has 3 N–H and O–H groups in total. The summed E-state index contributed by atoms with van der Waals surface area (Å²) in [6, 6.07) is 2.99. The molecule has 1 aromatic carbocycles. The Bertz CT molecular complexity index is 640. The van der Waals surface area contributed by atoms with Crippen LogP contribution in [0, 0.1) is 11.3 Å². The number of methoxy groups -OCH3 is 1. The topological polar surface area (TPSA) is 81.4 Å². The van der Waals surface area contributed by atoms with E-state index in [-0.39, 0.29) is 16.1 Å². The molecule has 1 fully saturated rings. The number of ether oxygens (including phenoxy) is 1. The Morgan fingerprint density at radius 1 is 1.43 bits per heavy atom.